The first-order valence-corrected chi connectivity index (χ1v) is 7.63. The van der Waals surface area contributed by atoms with Crippen molar-refractivity contribution in [2.45, 2.75) is 4.90 Å². The highest BCUT2D eigenvalue weighted by Crippen LogP contribution is 2.29. The smallest absolute Gasteiger partial charge is 0.186 e. The monoisotopic (exact) mass is 311 g/mol. The van der Waals surface area contributed by atoms with Gasteiger partial charge in [0.05, 0.1) is 4.90 Å². The Hall–Kier alpha value is -2.57. The lowest BCUT2D eigenvalue weighted by atomic mass is 10.0. The summed E-state index contributed by atoms with van der Waals surface area (Å²) in [5, 5.41) is 0. The van der Waals surface area contributed by atoms with Crippen LogP contribution in [0.5, 0.6) is 0 Å². The fourth-order valence-corrected chi connectivity index (χ4v) is 2.52. The summed E-state index contributed by atoms with van der Waals surface area (Å²) in [6.07, 6.45) is 5.11. The first kappa shape index (κ1) is 14.4. The fraction of sp³-hybridized carbons (Fsp3) is 0. The Morgan fingerprint density at radius 2 is 1.77 bits per heavy atom. The van der Waals surface area contributed by atoms with Gasteiger partial charge in [-0.2, -0.15) is 0 Å². The zero-order valence-electron chi connectivity index (χ0n) is 11.5. The van der Waals surface area contributed by atoms with Crippen LogP contribution < -0.4 is 5.73 Å². The first-order chi connectivity index (χ1) is 10.6. The van der Waals surface area contributed by atoms with Crippen LogP contribution in [0.4, 0.5) is 5.82 Å². The normalized spacial score (nSPS) is 12.0. The lowest BCUT2D eigenvalue weighted by Crippen LogP contribution is -1.95. The van der Waals surface area contributed by atoms with Gasteiger partial charge in [0.1, 0.15) is 5.82 Å². The highest BCUT2D eigenvalue weighted by atomic mass is 32.2. The molecular formula is C16H13N3O2S. The third-order valence-electron chi connectivity index (χ3n) is 3.28. The van der Waals surface area contributed by atoms with Crippen LogP contribution in [0.2, 0.25) is 0 Å². The second-order valence-electron chi connectivity index (χ2n) is 4.67. The molecule has 0 spiro atoms. The second-order valence-corrected chi connectivity index (χ2v) is 5.64. The Labute approximate surface area is 130 Å². The molecule has 0 radical (unpaired) electrons. The predicted octanol–water partition coefficient (Wildman–Crippen LogP) is 2.97. The van der Waals surface area contributed by atoms with E-state index in [1.807, 2.05) is 18.2 Å². The number of nitrogen functional groups attached to an aromatic ring is 1. The third kappa shape index (κ3) is 2.88. The molecule has 5 nitrogen and oxygen atoms in total. The Bertz CT molecular complexity index is 821. The SMILES string of the molecule is Nc1ncc(-c2ccc(S(=O)O)cc2)cc1-c1cccnc1. The maximum atomic E-state index is 11.0. The molecule has 0 amide bonds. The number of nitrogens with zero attached hydrogens (tertiary/aromatic N) is 2. The van der Waals surface area contributed by atoms with Gasteiger partial charge in [-0.3, -0.25) is 4.98 Å². The van der Waals surface area contributed by atoms with Gasteiger partial charge < -0.3 is 10.3 Å². The van der Waals surface area contributed by atoms with E-state index in [1.165, 1.54) is 0 Å². The molecule has 0 saturated carbocycles. The summed E-state index contributed by atoms with van der Waals surface area (Å²) in [6, 6.07) is 12.5. The van der Waals surface area contributed by atoms with Crippen molar-refractivity contribution in [3.63, 3.8) is 0 Å². The molecule has 110 valence electrons. The van der Waals surface area contributed by atoms with E-state index in [0.717, 1.165) is 22.3 Å². The van der Waals surface area contributed by atoms with Gasteiger partial charge in [-0.15, -0.1) is 0 Å². The highest BCUT2D eigenvalue weighted by Gasteiger charge is 2.08. The summed E-state index contributed by atoms with van der Waals surface area (Å²) in [4.78, 5) is 8.68. The minimum atomic E-state index is -1.98. The third-order valence-corrected chi connectivity index (χ3v) is 3.96. The highest BCUT2D eigenvalue weighted by molar-refractivity contribution is 7.79. The number of nitrogens with two attached hydrogens (primary N) is 1. The molecule has 0 bridgehead atoms. The summed E-state index contributed by atoms with van der Waals surface area (Å²) in [6.45, 7) is 0. The van der Waals surface area contributed by atoms with Crippen LogP contribution in [-0.2, 0) is 11.1 Å². The Balaban J connectivity index is 2.04. The molecule has 6 heteroatoms. The van der Waals surface area contributed by atoms with Gasteiger partial charge in [0.15, 0.2) is 11.1 Å². The predicted molar refractivity (Wildman–Crippen MR) is 86.4 cm³/mol. The topological polar surface area (TPSA) is 89.1 Å². The lowest BCUT2D eigenvalue weighted by Gasteiger charge is -2.08. The summed E-state index contributed by atoms with van der Waals surface area (Å²) >= 11 is -1.98. The minimum Gasteiger partial charge on any atom is -0.383 e. The van der Waals surface area contributed by atoms with Crippen molar-refractivity contribution in [2.24, 2.45) is 0 Å². The maximum absolute atomic E-state index is 11.0. The van der Waals surface area contributed by atoms with Gasteiger partial charge in [0.2, 0.25) is 0 Å². The number of pyridine rings is 2. The van der Waals surface area contributed by atoms with Crippen molar-refractivity contribution in [3.05, 3.63) is 61.1 Å². The van der Waals surface area contributed by atoms with Gasteiger partial charge >= 0.3 is 0 Å². The molecule has 2 aromatic heterocycles. The molecule has 0 aliphatic carbocycles. The van der Waals surface area contributed by atoms with Crippen LogP contribution in [0.3, 0.4) is 0 Å². The zero-order valence-corrected chi connectivity index (χ0v) is 12.3. The van der Waals surface area contributed by atoms with Crippen molar-refractivity contribution >= 4 is 16.9 Å². The first-order valence-electron chi connectivity index (χ1n) is 6.52. The molecule has 0 aliphatic heterocycles. The molecule has 1 aromatic carbocycles. The minimum absolute atomic E-state index is 0.361. The maximum Gasteiger partial charge on any atom is 0.186 e. The van der Waals surface area contributed by atoms with Crippen molar-refractivity contribution in [3.8, 4) is 22.3 Å². The molecule has 3 rings (SSSR count). The van der Waals surface area contributed by atoms with Crippen LogP contribution in [0.25, 0.3) is 22.3 Å². The van der Waals surface area contributed by atoms with Gasteiger partial charge in [-0.25, -0.2) is 9.19 Å². The standard InChI is InChI=1S/C16H13N3O2S/c17-16-15(12-2-1-7-18-9-12)8-13(10-19-16)11-3-5-14(6-4-11)22(20)21/h1-10H,(H2,17,19)(H,20,21). The van der Waals surface area contributed by atoms with E-state index >= 15 is 0 Å². The van der Waals surface area contributed by atoms with Gasteiger partial charge in [-0.05, 0) is 29.8 Å². The van der Waals surface area contributed by atoms with E-state index in [9.17, 15) is 4.21 Å². The quantitative estimate of drug-likeness (QED) is 0.726. The summed E-state index contributed by atoms with van der Waals surface area (Å²) in [7, 11) is 0. The van der Waals surface area contributed by atoms with Crippen LogP contribution >= 0.6 is 0 Å². The summed E-state index contributed by atoms with van der Waals surface area (Å²) in [5.74, 6) is 0.435. The molecule has 3 N–H and O–H groups in total. The number of hydrogen-bond acceptors (Lipinski definition) is 4. The molecule has 1 unspecified atom stereocenters. The molecule has 2 heterocycles. The van der Waals surface area contributed by atoms with Crippen LogP contribution in [0.1, 0.15) is 0 Å². The average molecular weight is 311 g/mol. The number of hydrogen-bond donors (Lipinski definition) is 2. The molecule has 0 saturated heterocycles. The fourth-order valence-electron chi connectivity index (χ4n) is 2.15. The largest absolute Gasteiger partial charge is 0.383 e. The molecule has 1 atom stereocenters. The second kappa shape index (κ2) is 6.05. The number of aromatic nitrogens is 2. The van der Waals surface area contributed by atoms with Gasteiger partial charge in [0.25, 0.3) is 0 Å². The average Bonchev–Trinajstić information content (AvgIpc) is 2.56. The molecule has 0 aliphatic rings. The van der Waals surface area contributed by atoms with E-state index < -0.39 is 11.1 Å². The molecular weight excluding hydrogens is 298 g/mol. The van der Waals surface area contributed by atoms with Crippen molar-refractivity contribution in [1.29, 1.82) is 0 Å². The van der Waals surface area contributed by atoms with Crippen LogP contribution in [0.15, 0.2) is 66.0 Å². The molecule has 22 heavy (non-hydrogen) atoms. The van der Waals surface area contributed by atoms with E-state index in [0.29, 0.717) is 10.7 Å². The number of benzene rings is 1. The van der Waals surface area contributed by atoms with E-state index in [1.54, 1.807) is 42.9 Å². The number of rotatable bonds is 3. The molecule has 3 aromatic rings. The van der Waals surface area contributed by atoms with E-state index in [2.05, 4.69) is 9.97 Å². The lowest BCUT2D eigenvalue weighted by molar-refractivity contribution is 0.564. The number of anilines is 1. The van der Waals surface area contributed by atoms with E-state index in [4.69, 9.17) is 10.3 Å². The van der Waals surface area contributed by atoms with Crippen molar-refractivity contribution in [1.82, 2.24) is 9.97 Å². The van der Waals surface area contributed by atoms with Crippen molar-refractivity contribution < 1.29 is 8.76 Å². The van der Waals surface area contributed by atoms with E-state index in [-0.39, 0.29) is 0 Å². The van der Waals surface area contributed by atoms with Crippen LogP contribution in [0, 0.1) is 0 Å². The summed E-state index contributed by atoms with van der Waals surface area (Å²) in [5.41, 5.74) is 9.42. The zero-order chi connectivity index (χ0) is 15.5. The Morgan fingerprint density at radius 3 is 2.41 bits per heavy atom. The summed E-state index contributed by atoms with van der Waals surface area (Å²) < 4.78 is 20.1. The molecule has 0 fully saturated rings. The Kier molecular flexibility index (Phi) is 3.95. The Morgan fingerprint density at radius 1 is 1.00 bits per heavy atom. The van der Waals surface area contributed by atoms with Crippen LogP contribution in [-0.4, -0.2) is 18.7 Å². The van der Waals surface area contributed by atoms with Gasteiger partial charge in [-0.1, -0.05) is 18.2 Å². The van der Waals surface area contributed by atoms with Gasteiger partial charge in [0, 0.05) is 35.3 Å². The van der Waals surface area contributed by atoms with Crippen molar-refractivity contribution in [2.75, 3.05) is 5.73 Å².